The summed E-state index contributed by atoms with van der Waals surface area (Å²) < 4.78 is 26.8. The maximum absolute atomic E-state index is 12.8. The van der Waals surface area contributed by atoms with Crippen molar-refractivity contribution >= 4 is 21.2 Å². The first kappa shape index (κ1) is 13.7. The average Bonchev–Trinajstić information content (AvgIpc) is 3.22. The number of hydrogen-bond acceptors (Lipinski definition) is 4. The van der Waals surface area contributed by atoms with Crippen LogP contribution >= 0.6 is 0 Å². The lowest BCUT2D eigenvalue weighted by atomic mass is 10.4. The monoisotopic (exact) mass is 324 g/mol. The van der Waals surface area contributed by atoms with Gasteiger partial charge in [-0.25, -0.2) is 22.4 Å². The van der Waals surface area contributed by atoms with E-state index in [0.29, 0.717) is 17.2 Å². The van der Waals surface area contributed by atoms with Gasteiger partial charge in [0.2, 0.25) is 0 Å². The molecule has 3 aromatic heterocycles. The number of pyridine rings is 1. The highest BCUT2D eigenvalue weighted by Gasteiger charge is 2.21. The number of benzene rings is 1. The van der Waals surface area contributed by atoms with Crippen LogP contribution in [0.4, 0.5) is 0 Å². The minimum absolute atomic E-state index is 0.228. The Morgan fingerprint density at radius 1 is 0.957 bits per heavy atom. The number of nitrogens with one attached hydrogen (secondary N) is 1. The molecular formula is C16H12N4O2S. The van der Waals surface area contributed by atoms with Gasteiger partial charge < -0.3 is 4.98 Å². The van der Waals surface area contributed by atoms with E-state index in [1.165, 1.54) is 10.2 Å². The van der Waals surface area contributed by atoms with E-state index in [1.54, 1.807) is 54.7 Å². The summed E-state index contributed by atoms with van der Waals surface area (Å²) in [6.07, 6.45) is 3.16. The highest BCUT2D eigenvalue weighted by Crippen LogP contribution is 2.24. The summed E-state index contributed by atoms with van der Waals surface area (Å²) in [6, 6.07) is 15.3. The summed E-state index contributed by atoms with van der Waals surface area (Å²) in [4.78, 5) is 11.9. The Bertz CT molecular complexity index is 1050. The molecule has 0 spiro atoms. The third kappa shape index (κ3) is 2.22. The third-order valence-corrected chi connectivity index (χ3v) is 5.22. The van der Waals surface area contributed by atoms with Crippen molar-refractivity contribution in [3.05, 3.63) is 67.0 Å². The minimum Gasteiger partial charge on any atom is -0.335 e. The van der Waals surface area contributed by atoms with E-state index < -0.39 is 10.0 Å². The number of hydrogen-bond donors (Lipinski definition) is 1. The van der Waals surface area contributed by atoms with Crippen LogP contribution in [-0.2, 0) is 10.0 Å². The fraction of sp³-hybridized carbons (Fsp3) is 0. The molecule has 1 aromatic carbocycles. The average molecular weight is 324 g/mol. The second kappa shape index (κ2) is 5.06. The number of aromatic nitrogens is 4. The van der Waals surface area contributed by atoms with Gasteiger partial charge in [-0.05, 0) is 36.4 Å². The Hall–Kier alpha value is -2.93. The molecule has 0 saturated heterocycles. The Labute approximate surface area is 132 Å². The lowest BCUT2D eigenvalue weighted by Crippen LogP contribution is -2.13. The van der Waals surface area contributed by atoms with Crippen LogP contribution in [0.15, 0.2) is 71.9 Å². The number of nitrogens with zero attached hydrogens (tertiary/aromatic N) is 3. The van der Waals surface area contributed by atoms with Crippen LogP contribution < -0.4 is 0 Å². The Balaban J connectivity index is 1.89. The van der Waals surface area contributed by atoms with Gasteiger partial charge in [0.05, 0.1) is 16.1 Å². The van der Waals surface area contributed by atoms with Gasteiger partial charge in [-0.2, -0.15) is 0 Å². The van der Waals surface area contributed by atoms with Crippen LogP contribution in [0.25, 0.3) is 22.7 Å². The van der Waals surface area contributed by atoms with E-state index in [9.17, 15) is 8.42 Å². The first-order valence-corrected chi connectivity index (χ1v) is 8.39. The first-order chi connectivity index (χ1) is 11.2. The van der Waals surface area contributed by atoms with Crippen molar-refractivity contribution in [1.82, 2.24) is 18.9 Å². The molecule has 0 fully saturated rings. The van der Waals surface area contributed by atoms with E-state index in [2.05, 4.69) is 15.0 Å². The van der Waals surface area contributed by atoms with Crippen LogP contribution in [0, 0.1) is 0 Å². The Morgan fingerprint density at radius 3 is 2.57 bits per heavy atom. The molecule has 114 valence electrons. The number of imidazole rings is 1. The molecular weight excluding hydrogens is 312 g/mol. The fourth-order valence-electron chi connectivity index (χ4n) is 2.43. The topological polar surface area (TPSA) is 80.6 Å². The summed E-state index contributed by atoms with van der Waals surface area (Å²) in [5.41, 5.74) is 1.77. The molecule has 4 rings (SSSR count). The zero-order valence-electron chi connectivity index (χ0n) is 11.9. The van der Waals surface area contributed by atoms with Gasteiger partial charge in [0.25, 0.3) is 10.0 Å². The quantitative estimate of drug-likeness (QED) is 0.628. The second-order valence-corrected chi connectivity index (χ2v) is 6.78. The maximum Gasteiger partial charge on any atom is 0.268 e. The predicted octanol–water partition coefficient (Wildman–Crippen LogP) is 2.66. The van der Waals surface area contributed by atoms with Crippen molar-refractivity contribution in [2.24, 2.45) is 0 Å². The normalized spacial score (nSPS) is 11.8. The third-order valence-electron chi connectivity index (χ3n) is 3.51. The molecule has 7 heteroatoms. The predicted molar refractivity (Wildman–Crippen MR) is 86.3 cm³/mol. The summed E-state index contributed by atoms with van der Waals surface area (Å²) in [6.45, 7) is 0. The standard InChI is InChI=1S/C16H12N4O2S/c21-23(22,12-6-2-1-3-7-12)20-11-5-9-14(20)16-18-13-8-4-10-17-15(13)19-16/h1-11H,(H,17,18,19). The van der Waals surface area contributed by atoms with Crippen LogP contribution in [-0.4, -0.2) is 27.3 Å². The van der Waals surface area contributed by atoms with Crippen molar-refractivity contribution in [2.45, 2.75) is 4.90 Å². The zero-order valence-corrected chi connectivity index (χ0v) is 12.7. The van der Waals surface area contributed by atoms with Crippen molar-refractivity contribution in [3.8, 4) is 11.5 Å². The molecule has 23 heavy (non-hydrogen) atoms. The molecule has 0 radical (unpaired) electrons. The lowest BCUT2D eigenvalue weighted by Gasteiger charge is -2.08. The SMILES string of the molecule is O=S(=O)(c1ccccc1)n1cccc1-c1nc2ncccc2[nH]1. The van der Waals surface area contributed by atoms with Crippen molar-refractivity contribution < 1.29 is 8.42 Å². The molecule has 1 N–H and O–H groups in total. The largest absolute Gasteiger partial charge is 0.335 e. The van der Waals surface area contributed by atoms with E-state index in [-0.39, 0.29) is 4.90 Å². The Morgan fingerprint density at radius 2 is 1.78 bits per heavy atom. The fourth-order valence-corrected chi connectivity index (χ4v) is 3.80. The molecule has 0 atom stereocenters. The molecule has 0 saturated carbocycles. The van der Waals surface area contributed by atoms with Crippen LogP contribution in [0.1, 0.15) is 0 Å². The molecule has 0 aliphatic rings. The maximum atomic E-state index is 12.8. The number of H-pyrrole nitrogens is 1. The van der Waals surface area contributed by atoms with Gasteiger partial charge >= 0.3 is 0 Å². The summed E-state index contributed by atoms with van der Waals surface area (Å²) >= 11 is 0. The van der Waals surface area contributed by atoms with Crippen LogP contribution in [0.5, 0.6) is 0 Å². The summed E-state index contributed by atoms with van der Waals surface area (Å²) in [5.74, 6) is 0.461. The van der Waals surface area contributed by atoms with Gasteiger partial charge in [0.1, 0.15) is 0 Å². The van der Waals surface area contributed by atoms with Crippen molar-refractivity contribution in [2.75, 3.05) is 0 Å². The smallest absolute Gasteiger partial charge is 0.268 e. The summed E-state index contributed by atoms with van der Waals surface area (Å²) in [7, 11) is -3.68. The highest BCUT2D eigenvalue weighted by atomic mass is 32.2. The van der Waals surface area contributed by atoms with Crippen LogP contribution in [0.2, 0.25) is 0 Å². The molecule has 0 aliphatic carbocycles. The number of rotatable bonds is 3. The lowest BCUT2D eigenvalue weighted by molar-refractivity contribution is 0.588. The van der Waals surface area contributed by atoms with Gasteiger partial charge in [0, 0.05) is 12.4 Å². The minimum atomic E-state index is -3.68. The first-order valence-electron chi connectivity index (χ1n) is 6.95. The summed E-state index contributed by atoms with van der Waals surface area (Å²) in [5, 5.41) is 0. The van der Waals surface area contributed by atoms with E-state index in [0.717, 1.165) is 5.52 Å². The number of fused-ring (bicyclic) bond motifs is 1. The van der Waals surface area contributed by atoms with E-state index >= 15 is 0 Å². The van der Waals surface area contributed by atoms with Crippen LogP contribution in [0.3, 0.4) is 0 Å². The molecule has 4 aromatic rings. The van der Waals surface area contributed by atoms with Gasteiger partial charge in [-0.3, -0.25) is 0 Å². The zero-order chi connectivity index (χ0) is 15.9. The number of aromatic amines is 1. The molecule has 3 heterocycles. The molecule has 6 nitrogen and oxygen atoms in total. The van der Waals surface area contributed by atoms with Gasteiger partial charge in [0.15, 0.2) is 11.5 Å². The van der Waals surface area contributed by atoms with Gasteiger partial charge in [-0.15, -0.1) is 0 Å². The van der Waals surface area contributed by atoms with E-state index in [1.807, 2.05) is 6.07 Å². The van der Waals surface area contributed by atoms with E-state index in [4.69, 9.17) is 0 Å². The van der Waals surface area contributed by atoms with Crippen molar-refractivity contribution in [3.63, 3.8) is 0 Å². The molecule has 0 bridgehead atoms. The molecule has 0 unspecified atom stereocenters. The van der Waals surface area contributed by atoms with Crippen molar-refractivity contribution in [1.29, 1.82) is 0 Å². The second-order valence-electron chi connectivity index (χ2n) is 4.97. The highest BCUT2D eigenvalue weighted by molar-refractivity contribution is 7.90. The molecule has 0 amide bonds. The Kier molecular flexibility index (Phi) is 3.02. The van der Waals surface area contributed by atoms with Gasteiger partial charge in [-0.1, -0.05) is 18.2 Å². The molecule has 0 aliphatic heterocycles.